The van der Waals surface area contributed by atoms with Crippen LogP contribution in [0, 0.1) is 0 Å². The molecule has 2 rings (SSSR count). The highest BCUT2D eigenvalue weighted by Gasteiger charge is 2.47. The third-order valence-electron chi connectivity index (χ3n) is 6.01. The van der Waals surface area contributed by atoms with Crippen molar-refractivity contribution in [3.05, 3.63) is 75.2 Å². The van der Waals surface area contributed by atoms with Gasteiger partial charge in [-0.2, -0.15) is 0 Å². The molecule has 0 bridgehead atoms. The van der Waals surface area contributed by atoms with Gasteiger partial charge >= 0.3 is 0 Å². The third kappa shape index (κ3) is 10.9. The number of nitrogens with zero attached hydrogens (tertiary/aromatic N) is 4. The van der Waals surface area contributed by atoms with Crippen molar-refractivity contribution in [3.63, 3.8) is 0 Å². The molecule has 1 aromatic rings. The zero-order chi connectivity index (χ0) is 29.2. The topological polar surface area (TPSA) is 117 Å². The van der Waals surface area contributed by atoms with Gasteiger partial charge in [0.15, 0.2) is 6.29 Å². The van der Waals surface area contributed by atoms with E-state index in [1.165, 1.54) is 0 Å². The van der Waals surface area contributed by atoms with Crippen LogP contribution in [-0.4, -0.2) is 101 Å². The summed E-state index contributed by atoms with van der Waals surface area (Å²) in [6, 6.07) is 0. The minimum absolute atomic E-state index is 0.110. The van der Waals surface area contributed by atoms with Crippen LogP contribution in [0.3, 0.4) is 0 Å². The number of aromatic nitrogens is 3. The van der Waals surface area contributed by atoms with E-state index in [1.807, 2.05) is 12.3 Å². The molecule has 0 radical (unpaired) electrons. The lowest BCUT2D eigenvalue weighted by atomic mass is 9.98. The highest BCUT2D eigenvalue weighted by atomic mass is 16.7. The maximum atomic E-state index is 13.2. The zero-order valence-corrected chi connectivity index (χ0v) is 23.4. The van der Waals surface area contributed by atoms with Crippen molar-refractivity contribution in [2.24, 2.45) is 0 Å². The fraction of sp³-hybridized carbons (Fsp3) is 0.552. The van der Waals surface area contributed by atoms with Gasteiger partial charge in [0.2, 0.25) is 5.91 Å². The first-order valence-electron chi connectivity index (χ1n) is 13.5. The molecule has 0 saturated carbocycles. The Bertz CT molecular complexity index is 935. The summed E-state index contributed by atoms with van der Waals surface area (Å²) in [6.07, 6.45) is 8.42. The molecule has 1 amide bonds. The van der Waals surface area contributed by atoms with Crippen molar-refractivity contribution in [2.45, 2.75) is 63.1 Å². The average Bonchev–Trinajstić information content (AvgIpc) is 3.40. The Balaban J connectivity index is 2.07. The molecule has 0 spiro atoms. The second-order valence-corrected chi connectivity index (χ2v) is 9.16. The number of aliphatic hydroxyl groups excluding tert-OH is 1. The van der Waals surface area contributed by atoms with E-state index in [0.29, 0.717) is 12.3 Å². The Hall–Kier alpha value is -2.93. The highest BCUT2D eigenvalue weighted by Crippen LogP contribution is 2.27. The van der Waals surface area contributed by atoms with E-state index in [1.54, 1.807) is 33.9 Å². The van der Waals surface area contributed by atoms with E-state index in [-0.39, 0.29) is 45.4 Å². The van der Waals surface area contributed by atoms with E-state index in [4.69, 9.17) is 23.7 Å². The number of allylic oxidation sites excluding steroid dienone is 1. The molecular formula is C29H44N4O7. The molecular weight excluding hydrogens is 516 g/mol. The van der Waals surface area contributed by atoms with Crippen LogP contribution in [0.5, 0.6) is 0 Å². The van der Waals surface area contributed by atoms with Gasteiger partial charge in [-0.1, -0.05) is 35.6 Å². The van der Waals surface area contributed by atoms with Crippen LogP contribution in [0.1, 0.15) is 25.0 Å². The highest BCUT2D eigenvalue weighted by molar-refractivity contribution is 5.77. The van der Waals surface area contributed by atoms with Crippen LogP contribution < -0.4 is 0 Å². The summed E-state index contributed by atoms with van der Waals surface area (Å²) in [5.74, 6) is -0.314. The Morgan fingerprint density at radius 1 is 1.00 bits per heavy atom. The number of rotatable bonds is 22. The number of hydrogen-bond acceptors (Lipinski definition) is 9. The van der Waals surface area contributed by atoms with Gasteiger partial charge in [0.05, 0.1) is 39.2 Å². The van der Waals surface area contributed by atoms with Crippen molar-refractivity contribution in [2.75, 3.05) is 39.6 Å². The summed E-state index contributed by atoms with van der Waals surface area (Å²) in [7, 11) is 0. The first-order valence-corrected chi connectivity index (χ1v) is 13.5. The normalized spacial score (nSPS) is 22.4. The SMILES string of the molecule is C=CCCCCn1cc(CN(CC=C)C(=O)CO[C@H]2O[C@H](COCC=C)[C@H](OCC=C)[C@H](O)[C@H]2OCC=C)nn1. The summed E-state index contributed by atoms with van der Waals surface area (Å²) < 4.78 is 30.9. The molecule has 1 aliphatic heterocycles. The Labute approximate surface area is 237 Å². The molecule has 0 aromatic carbocycles. The second kappa shape index (κ2) is 19.2. The molecule has 222 valence electrons. The maximum absolute atomic E-state index is 13.2. The van der Waals surface area contributed by atoms with Crippen molar-refractivity contribution in [3.8, 4) is 0 Å². The average molecular weight is 561 g/mol. The molecule has 0 unspecified atom stereocenters. The van der Waals surface area contributed by atoms with E-state index < -0.39 is 30.7 Å². The zero-order valence-electron chi connectivity index (χ0n) is 23.4. The standard InChI is InChI=1S/C29H44N4O7/c1-6-11-12-13-15-33-20-23(30-31-33)19-32(14-7-2)25(34)22-39-29-28(38-18-10-5)26(35)27(37-17-9-4)24(40-29)21-36-16-8-3/h6-10,20,24,26-29,35H,1-5,11-19,21-22H2/t24-,26+,27+,28-,29+/m1/s1. The Kier molecular flexibility index (Phi) is 16.0. The van der Waals surface area contributed by atoms with Crippen LogP contribution in [0.15, 0.2) is 69.5 Å². The summed E-state index contributed by atoms with van der Waals surface area (Å²) in [6.45, 7) is 20.1. The number of carbonyl (C=O) groups is 1. The molecule has 1 aromatic heterocycles. The van der Waals surface area contributed by atoms with Gasteiger partial charge in [-0.3, -0.25) is 9.48 Å². The van der Waals surface area contributed by atoms with Gasteiger partial charge in [0.1, 0.15) is 36.7 Å². The summed E-state index contributed by atoms with van der Waals surface area (Å²) in [5, 5.41) is 19.5. The first kappa shape index (κ1) is 33.3. The molecule has 1 fully saturated rings. The van der Waals surface area contributed by atoms with Crippen molar-refractivity contribution < 1.29 is 33.6 Å². The maximum Gasteiger partial charge on any atom is 0.249 e. The van der Waals surface area contributed by atoms with Crippen molar-refractivity contribution in [1.82, 2.24) is 19.9 Å². The van der Waals surface area contributed by atoms with Crippen LogP contribution in [0.4, 0.5) is 0 Å². The van der Waals surface area contributed by atoms with Crippen LogP contribution in [0.25, 0.3) is 0 Å². The molecule has 0 aliphatic carbocycles. The van der Waals surface area contributed by atoms with Gasteiger partial charge in [-0.15, -0.1) is 38.0 Å². The molecule has 11 heteroatoms. The lowest BCUT2D eigenvalue weighted by molar-refractivity contribution is -0.313. The number of carbonyl (C=O) groups excluding carboxylic acids is 1. The van der Waals surface area contributed by atoms with Gasteiger partial charge in [-0.05, 0) is 19.3 Å². The summed E-state index contributed by atoms with van der Waals surface area (Å²) in [4.78, 5) is 14.7. The number of amides is 1. The van der Waals surface area contributed by atoms with Gasteiger partial charge in [0, 0.05) is 13.1 Å². The molecule has 5 atom stereocenters. The monoisotopic (exact) mass is 560 g/mol. The van der Waals surface area contributed by atoms with Crippen LogP contribution in [-0.2, 0) is 41.6 Å². The smallest absolute Gasteiger partial charge is 0.249 e. The molecule has 1 saturated heterocycles. The number of hydrogen-bond donors (Lipinski definition) is 1. The number of aliphatic hydroxyl groups is 1. The second-order valence-electron chi connectivity index (χ2n) is 9.16. The van der Waals surface area contributed by atoms with Gasteiger partial charge in [-0.25, -0.2) is 0 Å². The molecule has 1 aliphatic rings. The lowest BCUT2D eigenvalue weighted by Crippen LogP contribution is -2.61. The Morgan fingerprint density at radius 3 is 2.40 bits per heavy atom. The van der Waals surface area contributed by atoms with Crippen LogP contribution >= 0.6 is 0 Å². The van der Waals surface area contributed by atoms with E-state index in [0.717, 1.165) is 25.8 Å². The number of ether oxygens (including phenoxy) is 5. The fourth-order valence-electron chi connectivity index (χ4n) is 4.11. The van der Waals surface area contributed by atoms with E-state index >= 15 is 0 Å². The Morgan fingerprint density at radius 2 is 1.73 bits per heavy atom. The minimum Gasteiger partial charge on any atom is -0.387 e. The van der Waals surface area contributed by atoms with Crippen molar-refractivity contribution >= 4 is 5.91 Å². The van der Waals surface area contributed by atoms with Crippen molar-refractivity contribution in [1.29, 1.82) is 0 Å². The molecule has 1 N–H and O–H groups in total. The quantitative estimate of drug-likeness (QED) is 0.169. The third-order valence-corrected chi connectivity index (χ3v) is 6.01. The van der Waals surface area contributed by atoms with Crippen LogP contribution in [0.2, 0.25) is 0 Å². The first-order chi connectivity index (χ1) is 19.5. The van der Waals surface area contributed by atoms with E-state index in [2.05, 4.69) is 43.2 Å². The number of aryl methyl sites for hydroxylation is 1. The minimum atomic E-state index is -1.13. The lowest BCUT2D eigenvalue weighted by Gasteiger charge is -2.43. The molecule has 2 heterocycles. The summed E-state index contributed by atoms with van der Waals surface area (Å²) >= 11 is 0. The van der Waals surface area contributed by atoms with Gasteiger partial charge in [0.25, 0.3) is 0 Å². The number of unbranched alkanes of at least 4 members (excludes halogenated alkanes) is 2. The predicted molar refractivity (Wildman–Crippen MR) is 151 cm³/mol. The molecule has 40 heavy (non-hydrogen) atoms. The summed E-state index contributed by atoms with van der Waals surface area (Å²) in [5.41, 5.74) is 0.650. The molecule has 11 nitrogen and oxygen atoms in total. The fourth-order valence-corrected chi connectivity index (χ4v) is 4.11. The largest absolute Gasteiger partial charge is 0.387 e. The predicted octanol–water partition coefficient (Wildman–Crippen LogP) is 2.60. The van der Waals surface area contributed by atoms with E-state index in [9.17, 15) is 9.90 Å². The van der Waals surface area contributed by atoms with Gasteiger partial charge < -0.3 is 33.7 Å².